The average Bonchev–Trinajstić information content (AvgIpc) is 3.11. The van der Waals surface area contributed by atoms with Crippen molar-refractivity contribution in [2.24, 2.45) is 0 Å². The Morgan fingerprint density at radius 2 is 2.14 bits per heavy atom. The summed E-state index contributed by atoms with van der Waals surface area (Å²) in [4.78, 5) is 13.8. The Kier molecular flexibility index (Phi) is 6.87. The minimum Gasteiger partial charge on any atom is -0.372 e. The van der Waals surface area contributed by atoms with Gasteiger partial charge in [-0.15, -0.1) is 23.2 Å². The number of hydrogen-bond donors (Lipinski definition) is 1. The molecule has 0 bridgehead atoms. The molecule has 1 unspecified atom stereocenters. The minimum atomic E-state index is -0.689. The second-order valence-electron chi connectivity index (χ2n) is 5.24. The van der Waals surface area contributed by atoms with Gasteiger partial charge in [-0.3, -0.25) is 9.69 Å². The second-order valence-corrected chi connectivity index (χ2v) is 6.98. The number of carbonyl (C=O) groups excluding carboxylic acids is 1. The lowest BCUT2D eigenvalue weighted by atomic mass is 10.2. The zero-order valence-corrected chi connectivity index (χ0v) is 14.9. The van der Waals surface area contributed by atoms with E-state index in [1.54, 1.807) is 28.4 Å². The molecule has 2 heterocycles. The summed E-state index contributed by atoms with van der Waals surface area (Å²) in [5.41, 5.74) is 2.07. The fourth-order valence-corrected chi connectivity index (χ4v) is 3.83. The van der Waals surface area contributed by atoms with Crippen molar-refractivity contribution < 1.29 is 9.90 Å². The molecule has 1 aromatic rings. The number of amides is 1. The Labute approximate surface area is 144 Å². The third kappa shape index (κ3) is 3.91. The van der Waals surface area contributed by atoms with Gasteiger partial charge in [0.15, 0.2) is 5.82 Å². The topological polar surface area (TPSA) is 58.4 Å². The molecule has 1 N–H and O–H groups in total. The molecule has 0 spiro atoms. The smallest absolute Gasteiger partial charge is 0.227 e. The Balaban J connectivity index is 2.20. The van der Waals surface area contributed by atoms with Gasteiger partial charge < -0.3 is 5.11 Å². The van der Waals surface area contributed by atoms with E-state index < -0.39 is 6.23 Å². The van der Waals surface area contributed by atoms with Crippen LogP contribution >= 0.6 is 35.0 Å². The van der Waals surface area contributed by atoms with E-state index in [1.807, 2.05) is 0 Å². The van der Waals surface area contributed by atoms with Gasteiger partial charge in [0.2, 0.25) is 5.91 Å². The molecule has 1 aliphatic heterocycles. The third-order valence-electron chi connectivity index (χ3n) is 3.68. The molecule has 0 aliphatic carbocycles. The summed E-state index contributed by atoms with van der Waals surface area (Å²) in [6, 6.07) is 0. The van der Waals surface area contributed by atoms with E-state index in [2.05, 4.69) is 5.10 Å². The number of aliphatic hydroxyl groups is 1. The zero-order chi connectivity index (χ0) is 16.1. The summed E-state index contributed by atoms with van der Waals surface area (Å²) < 4.78 is 1.66. The number of carbonyl (C=O) groups is 1. The Hall–Kier alpha value is -0.430. The monoisotopic (exact) mass is 365 g/mol. The predicted octanol–water partition coefficient (Wildman–Crippen LogP) is 3.12. The SMILES string of the molecule is CN(C(=O)CCCCl)c1nn(C(O)CCCCl)c2c1CSC2. The van der Waals surface area contributed by atoms with Crippen LogP contribution in [-0.4, -0.2) is 39.6 Å². The summed E-state index contributed by atoms with van der Waals surface area (Å²) in [7, 11) is 1.73. The van der Waals surface area contributed by atoms with Crippen LogP contribution < -0.4 is 4.90 Å². The quantitative estimate of drug-likeness (QED) is 0.719. The van der Waals surface area contributed by atoms with Crippen LogP contribution in [0, 0.1) is 0 Å². The van der Waals surface area contributed by atoms with Crippen molar-refractivity contribution in [3.8, 4) is 0 Å². The highest BCUT2D eigenvalue weighted by molar-refractivity contribution is 7.98. The number of anilines is 1. The van der Waals surface area contributed by atoms with Gasteiger partial charge in [0.05, 0.1) is 5.69 Å². The first-order chi connectivity index (χ1) is 10.6. The molecule has 5 nitrogen and oxygen atoms in total. The van der Waals surface area contributed by atoms with Crippen LogP contribution in [0.4, 0.5) is 5.82 Å². The Morgan fingerprint density at radius 1 is 1.41 bits per heavy atom. The van der Waals surface area contributed by atoms with Crippen molar-refractivity contribution >= 4 is 46.7 Å². The van der Waals surface area contributed by atoms with Gasteiger partial charge in [0.25, 0.3) is 0 Å². The molecule has 0 radical (unpaired) electrons. The normalized spacial score (nSPS) is 14.9. The molecule has 1 amide bonds. The molecule has 1 aromatic heterocycles. The number of nitrogens with zero attached hydrogens (tertiary/aromatic N) is 3. The number of aromatic nitrogens is 2. The van der Waals surface area contributed by atoms with Gasteiger partial charge in [-0.25, -0.2) is 4.68 Å². The lowest BCUT2D eigenvalue weighted by molar-refractivity contribution is -0.118. The lowest BCUT2D eigenvalue weighted by Gasteiger charge is -2.16. The van der Waals surface area contributed by atoms with Crippen molar-refractivity contribution in [1.29, 1.82) is 0 Å². The van der Waals surface area contributed by atoms with E-state index in [0.29, 0.717) is 36.8 Å². The lowest BCUT2D eigenvalue weighted by Crippen LogP contribution is -2.27. The Morgan fingerprint density at radius 3 is 2.82 bits per heavy atom. The Bertz CT molecular complexity index is 524. The van der Waals surface area contributed by atoms with Gasteiger partial charge in [-0.1, -0.05) is 0 Å². The minimum absolute atomic E-state index is 0.000230. The molecule has 1 aliphatic rings. The van der Waals surface area contributed by atoms with Gasteiger partial charge in [-0.2, -0.15) is 16.9 Å². The summed E-state index contributed by atoms with van der Waals surface area (Å²) in [5.74, 6) is 3.27. The largest absolute Gasteiger partial charge is 0.372 e. The van der Waals surface area contributed by atoms with Crippen molar-refractivity contribution in [3.05, 3.63) is 11.3 Å². The molecular formula is C14H21Cl2N3O2S. The molecule has 0 fully saturated rings. The predicted molar refractivity (Wildman–Crippen MR) is 91.8 cm³/mol. The van der Waals surface area contributed by atoms with Crippen molar-refractivity contribution in [2.75, 3.05) is 23.7 Å². The van der Waals surface area contributed by atoms with Gasteiger partial charge in [0.1, 0.15) is 6.23 Å². The molecule has 22 heavy (non-hydrogen) atoms. The first-order valence-electron chi connectivity index (χ1n) is 7.34. The molecule has 124 valence electrons. The van der Waals surface area contributed by atoms with Gasteiger partial charge >= 0.3 is 0 Å². The number of hydrogen-bond acceptors (Lipinski definition) is 4. The van der Waals surface area contributed by atoms with Crippen molar-refractivity contribution in [2.45, 2.75) is 43.4 Å². The number of halogens is 2. The van der Waals surface area contributed by atoms with Crippen LogP contribution in [0.3, 0.4) is 0 Å². The molecule has 8 heteroatoms. The second kappa shape index (κ2) is 8.43. The van der Waals surface area contributed by atoms with Crippen molar-refractivity contribution in [1.82, 2.24) is 9.78 Å². The van der Waals surface area contributed by atoms with E-state index >= 15 is 0 Å². The van der Waals surface area contributed by atoms with E-state index in [0.717, 1.165) is 29.2 Å². The van der Waals surface area contributed by atoms with E-state index in [4.69, 9.17) is 23.2 Å². The standard InChI is InChI=1S/C14H21Cl2N3O2S/c1-18(12(20)4-2-6-15)14-10-8-22-9-11(10)19(17-14)13(21)5-3-7-16/h13,21H,2-9H2,1H3. The summed E-state index contributed by atoms with van der Waals surface area (Å²) >= 11 is 13.1. The van der Waals surface area contributed by atoms with E-state index in [9.17, 15) is 9.90 Å². The molecule has 0 saturated heterocycles. The zero-order valence-electron chi connectivity index (χ0n) is 12.6. The molecule has 0 aromatic carbocycles. The highest BCUT2D eigenvalue weighted by Crippen LogP contribution is 2.37. The fraction of sp³-hybridized carbons (Fsp3) is 0.714. The van der Waals surface area contributed by atoms with Crippen LogP contribution in [0.25, 0.3) is 0 Å². The van der Waals surface area contributed by atoms with E-state index in [1.165, 1.54) is 0 Å². The number of alkyl halides is 2. The highest BCUT2D eigenvalue weighted by Gasteiger charge is 2.29. The molecule has 1 atom stereocenters. The molecule has 2 rings (SSSR count). The maximum Gasteiger partial charge on any atom is 0.227 e. The average molecular weight is 366 g/mol. The van der Waals surface area contributed by atoms with E-state index in [-0.39, 0.29) is 5.91 Å². The number of aliphatic hydroxyl groups excluding tert-OH is 1. The first-order valence-corrected chi connectivity index (χ1v) is 9.57. The van der Waals surface area contributed by atoms with Crippen LogP contribution in [-0.2, 0) is 16.3 Å². The first kappa shape index (κ1) is 17.9. The maximum atomic E-state index is 12.2. The fourth-order valence-electron chi connectivity index (χ4n) is 2.44. The molecular weight excluding hydrogens is 345 g/mol. The molecule has 0 saturated carbocycles. The summed E-state index contributed by atoms with van der Waals surface area (Å²) in [5, 5.41) is 14.8. The van der Waals surface area contributed by atoms with Gasteiger partial charge in [0, 0.05) is 42.3 Å². The van der Waals surface area contributed by atoms with Crippen LogP contribution in [0.15, 0.2) is 0 Å². The maximum absolute atomic E-state index is 12.2. The highest BCUT2D eigenvalue weighted by atomic mass is 35.5. The summed E-state index contributed by atoms with van der Waals surface area (Å²) in [6.07, 6.45) is 1.66. The number of thioether (sulfide) groups is 1. The van der Waals surface area contributed by atoms with Crippen molar-refractivity contribution in [3.63, 3.8) is 0 Å². The van der Waals surface area contributed by atoms with Gasteiger partial charge in [-0.05, 0) is 19.3 Å². The summed E-state index contributed by atoms with van der Waals surface area (Å²) in [6.45, 7) is 0. The third-order valence-corrected chi connectivity index (χ3v) is 5.18. The van der Waals surface area contributed by atoms with Crippen LogP contribution in [0.2, 0.25) is 0 Å². The number of rotatable bonds is 8. The van der Waals surface area contributed by atoms with Crippen LogP contribution in [0.5, 0.6) is 0 Å². The van der Waals surface area contributed by atoms with Crippen LogP contribution in [0.1, 0.15) is 43.2 Å². The number of fused-ring (bicyclic) bond motifs is 1.